The summed E-state index contributed by atoms with van der Waals surface area (Å²) in [6.07, 6.45) is 6.16. The van der Waals surface area contributed by atoms with Gasteiger partial charge in [0.25, 0.3) is 11.6 Å². The minimum atomic E-state index is -0.483. The summed E-state index contributed by atoms with van der Waals surface area (Å²) < 4.78 is 0. The zero-order chi connectivity index (χ0) is 30.8. The number of aromatic nitrogens is 1. The number of fused-ring (bicyclic) bond motifs is 1. The molecule has 11 heteroatoms. The third kappa shape index (κ3) is 5.95. The van der Waals surface area contributed by atoms with Crippen molar-refractivity contribution in [2.24, 2.45) is 4.99 Å². The number of aromatic hydroxyl groups is 1. The largest absolute Gasteiger partial charge is 0.494 e. The van der Waals surface area contributed by atoms with Crippen molar-refractivity contribution in [3.63, 3.8) is 0 Å². The maximum atomic E-state index is 12.2. The minimum absolute atomic E-state index is 0.0953. The molecule has 3 aromatic carbocycles. The summed E-state index contributed by atoms with van der Waals surface area (Å²) in [6.45, 7) is 3.44. The van der Waals surface area contributed by atoms with Crippen molar-refractivity contribution in [1.29, 1.82) is 0 Å². The van der Waals surface area contributed by atoms with Crippen molar-refractivity contribution in [3.05, 3.63) is 105 Å². The monoisotopic (exact) mass is 592 g/mol. The second-order valence-corrected chi connectivity index (χ2v) is 11.1. The Hall–Kier alpha value is -5.29. The Kier molecular flexibility index (Phi) is 7.95. The molecule has 0 saturated carbocycles. The first-order valence-electron chi connectivity index (χ1n) is 14.6. The number of nitrogens with one attached hydrogen (secondary N) is 2. The molecule has 3 heterocycles. The van der Waals surface area contributed by atoms with E-state index >= 15 is 0 Å². The summed E-state index contributed by atoms with van der Waals surface area (Å²) in [7, 11) is 1.41. The molecule has 1 aromatic heterocycles. The number of imide groups is 1. The van der Waals surface area contributed by atoms with Crippen LogP contribution in [0.4, 0.5) is 16.2 Å². The number of amides is 3. The fraction of sp³-hybridized carbons (Fsp3) is 0.242. The molecule has 0 radical (unpaired) electrons. The van der Waals surface area contributed by atoms with Crippen LogP contribution in [-0.4, -0.2) is 69.1 Å². The Morgan fingerprint density at radius 3 is 2.43 bits per heavy atom. The van der Waals surface area contributed by atoms with Crippen LogP contribution in [-0.2, 0) is 11.2 Å². The standard InChI is InChI=1S/C33H32N6O5/c1-37-32(41)28(36-33(37)42)19-22-8-12-24(13-9-22)34-30(29-26-20-25(39(43)44)14-15-27(26)35-31(29)40)23-10-6-21(7-11-23)5-4-18-38-16-2-3-17-38/h6-15,19-20,35,40H,2-5,16-18H2,1H3,(H,36,42)/b28-19-,34-30?. The fourth-order valence-corrected chi connectivity index (χ4v) is 5.69. The first kappa shape index (κ1) is 28.8. The van der Waals surface area contributed by atoms with E-state index in [1.54, 1.807) is 36.4 Å². The molecule has 6 rings (SSSR count). The molecule has 0 unspecified atom stereocenters. The molecule has 0 spiro atoms. The van der Waals surface area contributed by atoms with Gasteiger partial charge in [0, 0.05) is 35.6 Å². The lowest BCUT2D eigenvalue weighted by atomic mass is 9.98. The Bertz CT molecular complexity index is 1800. The number of aliphatic imine (C=N–C) groups is 1. The number of nitro benzene ring substituents is 1. The van der Waals surface area contributed by atoms with Crippen LogP contribution in [0.5, 0.6) is 5.88 Å². The van der Waals surface area contributed by atoms with Gasteiger partial charge < -0.3 is 20.3 Å². The average Bonchev–Trinajstić information content (AvgIpc) is 3.72. The Morgan fingerprint density at radius 1 is 1.05 bits per heavy atom. The molecule has 2 fully saturated rings. The van der Waals surface area contributed by atoms with Crippen LogP contribution in [0.15, 0.2) is 77.4 Å². The van der Waals surface area contributed by atoms with Crippen molar-refractivity contribution >= 4 is 46.0 Å². The van der Waals surface area contributed by atoms with E-state index in [1.807, 2.05) is 12.1 Å². The summed E-state index contributed by atoms with van der Waals surface area (Å²) in [5.41, 5.74) is 4.63. The van der Waals surface area contributed by atoms with Crippen LogP contribution in [0.2, 0.25) is 0 Å². The molecule has 0 aliphatic carbocycles. The zero-order valence-corrected chi connectivity index (χ0v) is 24.2. The van der Waals surface area contributed by atoms with Crippen molar-refractivity contribution in [2.45, 2.75) is 25.7 Å². The van der Waals surface area contributed by atoms with Gasteiger partial charge in [0.2, 0.25) is 0 Å². The number of nitrogens with zero attached hydrogens (tertiary/aromatic N) is 4. The molecule has 2 aliphatic heterocycles. The number of hydrogen-bond acceptors (Lipinski definition) is 7. The summed E-state index contributed by atoms with van der Waals surface area (Å²) in [5.74, 6) is -0.558. The number of carbonyl (C=O) groups is 2. The second kappa shape index (κ2) is 12.1. The average molecular weight is 593 g/mol. The van der Waals surface area contributed by atoms with Gasteiger partial charge in [-0.15, -0.1) is 0 Å². The van der Waals surface area contributed by atoms with Gasteiger partial charge in [-0.2, -0.15) is 0 Å². The normalized spacial score (nSPS) is 16.8. The van der Waals surface area contributed by atoms with Crippen LogP contribution in [0, 0.1) is 10.1 Å². The van der Waals surface area contributed by atoms with Crippen LogP contribution < -0.4 is 5.32 Å². The Balaban J connectivity index is 1.34. The quantitative estimate of drug-likeness (QED) is 0.0770. The molecule has 3 N–H and O–H groups in total. The Morgan fingerprint density at radius 2 is 1.77 bits per heavy atom. The minimum Gasteiger partial charge on any atom is -0.494 e. The molecule has 0 bridgehead atoms. The van der Waals surface area contributed by atoms with E-state index in [0.717, 1.165) is 29.8 Å². The lowest BCUT2D eigenvalue weighted by Gasteiger charge is -2.14. The molecule has 224 valence electrons. The first-order valence-corrected chi connectivity index (χ1v) is 14.6. The van der Waals surface area contributed by atoms with Gasteiger partial charge in [-0.1, -0.05) is 36.4 Å². The van der Waals surface area contributed by atoms with E-state index in [-0.39, 0.29) is 17.3 Å². The van der Waals surface area contributed by atoms with E-state index < -0.39 is 16.9 Å². The number of carbonyl (C=O) groups excluding carboxylic acids is 2. The zero-order valence-electron chi connectivity index (χ0n) is 24.2. The number of aryl methyl sites for hydroxylation is 1. The highest BCUT2D eigenvalue weighted by Crippen LogP contribution is 2.34. The molecule has 0 atom stereocenters. The second-order valence-electron chi connectivity index (χ2n) is 11.1. The van der Waals surface area contributed by atoms with E-state index in [9.17, 15) is 24.8 Å². The van der Waals surface area contributed by atoms with Gasteiger partial charge in [-0.25, -0.2) is 9.79 Å². The highest BCUT2D eigenvalue weighted by atomic mass is 16.6. The molecule has 44 heavy (non-hydrogen) atoms. The lowest BCUT2D eigenvalue weighted by molar-refractivity contribution is -0.384. The number of likely N-dealkylation sites (N-methyl/N-ethyl adjacent to an activating group) is 1. The number of likely N-dealkylation sites (tertiary alicyclic amines) is 1. The van der Waals surface area contributed by atoms with Gasteiger partial charge in [-0.05, 0) is 80.7 Å². The summed E-state index contributed by atoms with van der Waals surface area (Å²) >= 11 is 0. The smallest absolute Gasteiger partial charge is 0.328 e. The van der Waals surface area contributed by atoms with Crippen LogP contribution in [0.1, 0.15) is 41.5 Å². The highest BCUT2D eigenvalue weighted by molar-refractivity contribution is 6.22. The summed E-state index contributed by atoms with van der Waals surface area (Å²) in [6, 6.07) is 19.0. The van der Waals surface area contributed by atoms with Crippen molar-refractivity contribution in [2.75, 3.05) is 26.7 Å². The number of non-ortho nitro benzene ring substituents is 1. The highest BCUT2D eigenvalue weighted by Gasteiger charge is 2.30. The van der Waals surface area contributed by atoms with Gasteiger partial charge in [0.05, 0.1) is 21.9 Å². The molecule has 2 saturated heterocycles. The molecular weight excluding hydrogens is 560 g/mol. The maximum Gasteiger partial charge on any atom is 0.328 e. The Labute approximate surface area is 253 Å². The van der Waals surface area contributed by atoms with Gasteiger partial charge in [0.15, 0.2) is 5.88 Å². The predicted octanol–water partition coefficient (Wildman–Crippen LogP) is 5.50. The molecule has 11 nitrogen and oxygen atoms in total. The van der Waals surface area contributed by atoms with Crippen molar-refractivity contribution in [1.82, 2.24) is 20.1 Å². The summed E-state index contributed by atoms with van der Waals surface area (Å²) in [4.78, 5) is 46.5. The number of hydrogen-bond donors (Lipinski definition) is 3. The van der Waals surface area contributed by atoms with E-state index in [0.29, 0.717) is 33.4 Å². The molecule has 2 aliphatic rings. The first-order chi connectivity index (χ1) is 21.3. The molecule has 3 amide bonds. The van der Waals surface area contributed by atoms with E-state index in [2.05, 4.69) is 27.3 Å². The third-order valence-corrected chi connectivity index (χ3v) is 8.10. The SMILES string of the molecule is CN1C(=O)N/C(=C\c2ccc(N=C(c3ccc(CCCN4CCCC4)cc3)c3c(O)[nH]c4ccc([N+](=O)[O-])cc34)cc2)C1=O. The van der Waals surface area contributed by atoms with Crippen LogP contribution in [0.3, 0.4) is 0 Å². The molecular formula is C33H32N6O5. The maximum absolute atomic E-state index is 12.2. The van der Waals surface area contributed by atoms with Gasteiger partial charge in [-0.3, -0.25) is 19.8 Å². The van der Waals surface area contributed by atoms with Crippen molar-refractivity contribution in [3.8, 4) is 5.88 Å². The number of benzene rings is 3. The molecule has 4 aromatic rings. The van der Waals surface area contributed by atoms with Gasteiger partial charge >= 0.3 is 6.03 Å². The van der Waals surface area contributed by atoms with E-state index in [1.165, 1.54) is 50.7 Å². The third-order valence-electron chi connectivity index (χ3n) is 8.10. The number of H-pyrrole nitrogens is 1. The summed E-state index contributed by atoms with van der Waals surface area (Å²) in [5, 5.41) is 25.6. The predicted molar refractivity (Wildman–Crippen MR) is 168 cm³/mol. The van der Waals surface area contributed by atoms with Crippen LogP contribution >= 0.6 is 0 Å². The number of nitro groups is 1. The van der Waals surface area contributed by atoms with Crippen molar-refractivity contribution < 1.29 is 19.6 Å². The van der Waals surface area contributed by atoms with Crippen LogP contribution in [0.25, 0.3) is 17.0 Å². The number of rotatable bonds is 9. The number of aromatic amines is 1. The fourth-order valence-electron chi connectivity index (χ4n) is 5.69. The topological polar surface area (TPSA) is 144 Å². The number of urea groups is 1. The lowest BCUT2D eigenvalue weighted by Crippen LogP contribution is -2.25. The van der Waals surface area contributed by atoms with E-state index in [4.69, 9.17) is 4.99 Å². The van der Waals surface area contributed by atoms with Gasteiger partial charge in [0.1, 0.15) is 5.70 Å².